The largest absolute Gasteiger partial charge is 0.478 e. The van der Waals surface area contributed by atoms with Crippen molar-refractivity contribution in [2.24, 2.45) is 11.3 Å². The third kappa shape index (κ3) is 3.40. The normalized spacial score (nSPS) is 16.8. The number of rotatable bonds is 2. The number of aromatic nitrogens is 1. The number of likely N-dealkylation sites (tertiary alicyclic amines) is 1. The van der Waals surface area contributed by atoms with Gasteiger partial charge in [-0.3, -0.25) is 9.78 Å². The van der Waals surface area contributed by atoms with E-state index in [2.05, 4.69) is 25.8 Å². The smallest absolute Gasteiger partial charge is 0.338 e. The lowest BCUT2D eigenvalue weighted by Crippen LogP contribution is -2.42. The monoisotopic (exact) mass is 290 g/mol. The quantitative estimate of drug-likeness (QED) is 0.909. The maximum atomic E-state index is 12.5. The molecular formula is C16H22N2O3. The molecule has 0 aromatic carbocycles. The summed E-state index contributed by atoms with van der Waals surface area (Å²) in [6.45, 7) is 7.98. The predicted octanol–water partition coefficient (Wildman–Crippen LogP) is 2.68. The fraction of sp³-hybridized carbons (Fsp3) is 0.562. The highest BCUT2D eigenvalue weighted by molar-refractivity contribution is 6.03. The highest BCUT2D eigenvalue weighted by Gasteiger charge is 2.32. The number of pyridine rings is 1. The number of hydrogen-bond donors (Lipinski definition) is 1. The molecule has 0 unspecified atom stereocenters. The molecule has 0 aliphatic carbocycles. The summed E-state index contributed by atoms with van der Waals surface area (Å²) < 4.78 is 0. The summed E-state index contributed by atoms with van der Waals surface area (Å²) in [4.78, 5) is 29.4. The van der Waals surface area contributed by atoms with Gasteiger partial charge >= 0.3 is 5.97 Å². The van der Waals surface area contributed by atoms with E-state index in [9.17, 15) is 9.59 Å². The van der Waals surface area contributed by atoms with Gasteiger partial charge in [0.25, 0.3) is 5.91 Å². The number of amides is 1. The van der Waals surface area contributed by atoms with Crippen LogP contribution in [0.3, 0.4) is 0 Å². The number of carboxylic acids is 1. The number of carbonyl (C=O) groups is 2. The van der Waals surface area contributed by atoms with E-state index in [1.54, 1.807) is 4.90 Å². The fourth-order valence-electron chi connectivity index (χ4n) is 2.85. The lowest BCUT2D eigenvalue weighted by Gasteiger charge is -2.38. The lowest BCUT2D eigenvalue weighted by molar-refractivity contribution is 0.0587. The molecule has 5 heteroatoms. The molecule has 114 valence electrons. The number of piperidine rings is 1. The third-order valence-electron chi connectivity index (χ3n) is 4.25. The van der Waals surface area contributed by atoms with E-state index >= 15 is 0 Å². The Hall–Kier alpha value is -1.91. The molecule has 1 N–H and O–H groups in total. The molecule has 1 aromatic rings. The van der Waals surface area contributed by atoms with Crippen LogP contribution in [0.4, 0.5) is 0 Å². The molecule has 1 aliphatic heterocycles. The molecule has 0 saturated carbocycles. The first-order chi connectivity index (χ1) is 9.80. The summed E-state index contributed by atoms with van der Waals surface area (Å²) in [6.07, 6.45) is 3.36. The number of aromatic carboxylic acids is 1. The highest BCUT2D eigenvalue weighted by atomic mass is 16.4. The summed E-state index contributed by atoms with van der Waals surface area (Å²) in [5, 5.41) is 9.15. The maximum Gasteiger partial charge on any atom is 0.338 e. The van der Waals surface area contributed by atoms with Gasteiger partial charge in [0.1, 0.15) is 5.69 Å². The van der Waals surface area contributed by atoms with E-state index < -0.39 is 5.97 Å². The van der Waals surface area contributed by atoms with Gasteiger partial charge in [0.05, 0.1) is 5.56 Å². The minimum atomic E-state index is -1.11. The van der Waals surface area contributed by atoms with Crippen molar-refractivity contribution in [3.8, 4) is 0 Å². The van der Waals surface area contributed by atoms with Crippen LogP contribution in [0.2, 0.25) is 0 Å². The van der Waals surface area contributed by atoms with Crippen LogP contribution in [0, 0.1) is 11.3 Å². The van der Waals surface area contributed by atoms with Crippen LogP contribution in [0.25, 0.3) is 0 Å². The Kier molecular flexibility index (Phi) is 4.30. The Labute approximate surface area is 125 Å². The van der Waals surface area contributed by atoms with Crippen LogP contribution in [0.1, 0.15) is 54.5 Å². The van der Waals surface area contributed by atoms with Crippen molar-refractivity contribution < 1.29 is 14.7 Å². The van der Waals surface area contributed by atoms with Crippen molar-refractivity contribution in [1.82, 2.24) is 9.88 Å². The third-order valence-corrected chi connectivity index (χ3v) is 4.25. The van der Waals surface area contributed by atoms with Crippen molar-refractivity contribution in [2.45, 2.75) is 33.6 Å². The van der Waals surface area contributed by atoms with Gasteiger partial charge in [0.2, 0.25) is 0 Å². The molecule has 1 aliphatic rings. The Bertz CT molecular complexity index is 541. The molecule has 0 atom stereocenters. The molecule has 2 heterocycles. The Morgan fingerprint density at radius 1 is 1.29 bits per heavy atom. The molecule has 0 spiro atoms. The highest BCUT2D eigenvalue weighted by Crippen LogP contribution is 2.34. The second-order valence-electron chi connectivity index (χ2n) is 6.64. The molecule has 5 nitrogen and oxygen atoms in total. The fourth-order valence-corrected chi connectivity index (χ4v) is 2.85. The predicted molar refractivity (Wildman–Crippen MR) is 79.3 cm³/mol. The summed E-state index contributed by atoms with van der Waals surface area (Å²) in [5.41, 5.74) is 0.256. The second-order valence-corrected chi connectivity index (χ2v) is 6.64. The zero-order chi connectivity index (χ0) is 15.6. The average Bonchev–Trinajstić information content (AvgIpc) is 2.45. The van der Waals surface area contributed by atoms with Crippen molar-refractivity contribution >= 4 is 11.9 Å². The van der Waals surface area contributed by atoms with E-state index in [1.807, 2.05) is 0 Å². The first-order valence-electron chi connectivity index (χ1n) is 7.28. The topological polar surface area (TPSA) is 70.5 Å². The van der Waals surface area contributed by atoms with E-state index in [0.717, 1.165) is 12.8 Å². The van der Waals surface area contributed by atoms with Crippen LogP contribution >= 0.6 is 0 Å². The number of carbonyl (C=O) groups excluding carboxylic acids is 1. The van der Waals surface area contributed by atoms with Crippen molar-refractivity contribution in [1.29, 1.82) is 0 Å². The van der Waals surface area contributed by atoms with Crippen LogP contribution in [-0.4, -0.2) is 40.0 Å². The molecule has 21 heavy (non-hydrogen) atoms. The summed E-state index contributed by atoms with van der Waals surface area (Å²) in [5.74, 6) is -0.805. The van der Waals surface area contributed by atoms with Gasteiger partial charge < -0.3 is 10.0 Å². The van der Waals surface area contributed by atoms with Crippen molar-refractivity contribution in [3.05, 3.63) is 29.6 Å². The van der Waals surface area contributed by atoms with Crippen LogP contribution < -0.4 is 0 Å². The Morgan fingerprint density at radius 2 is 1.90 bits per heavy atom. The molecule has 0 bridgehead atoms. The SMILES string of the molecule is CC(C)(C)C1CCN(C(=O)c2ncccc2C(=O)O)CC1. The van der Waals surface area contributed by atoms with Gasteiger partial charge in [-0.25, -0.2) is 4.79 Å². The molecule has 1 amide bonds. The molecule has 1 fully saturated rings. The van der Waals surface area contributed by atoms with Crippen LogP contribution in [-0.2, 0) is 0 Å². The van der Waals surface area contributed by atoms with Crippen molar-refractivity contribution in [3.63, 3.8) is 0 Å². The van der Waals surface area contributed by atoms with Gasteiger partial charge in [0, 0.05) is 19.3 Å². The van der Waals surface area contributed by atoms with E-state index in [0.29, 0.717) is 19.0 Å². The number of carboxylic acid groups (broad SMARTS) is 1. The minimum absolute atomic E-state index is 0.0274. The molecule has 1 aromatic heterocycles. The molecule has 0 radical (unpaired) electrons. The van der Waals surface area contributed by atoms with E-state index in [-0.39, 0.29) is 22.6 Å². The van der Waals surface area contributed by atoms with Gasteiger partial charge in [-0.1, -0.05) is 20.8 Å². The maximum absolute atomic E-state index is 12.5. The first-order valence-corrected chi connectivity index (χ1v) is 7.28. The second kappa shape index (κ2) is 5.84. The van der Waals surface area contributed by atoms with Gasteiger partial charge in [-0.2, -0.15) is 0 Å². The standard InChI is InChI=1S/C16H22N2O3/c1-16(2,3)11-6-9-18(10-7-11)14(19)13-12(15(20)21)5-4-8-17-13/h4-5,8,11H,6-7,9-10H2,1-3H3,(H,20,21). The summed E-state index contributed by atoms with van der Waals surface area (Å²) in [6, 6.07) is 2.95. The van der Waals surface area contributed by atoms with Gasteiger partial charge in [0.15, 0.2) is 0 Å². The van der Waals surface area contributed by atoms with E-state index in [1.165, 1.54) is 18.3 Å². The average molecular weight is 290 g/mol. The molecule has 1 saturated heterocycles. The zero-order valence-corrected chi connectivity index (χ0v) is 12.8. The van der Waals surface area contributed by atoms with Crippen LogP contribution in [0.15, 0.2) is 18.3 Å². The van der Waals surface area contributed by atoms with Gasteiger partial charge in [-0.15, -0.1) is 0 Å². The van der Waals surface area contributed by atoms with Crippen molar-refractivity contribution in [2.75, 3.05) is 13.1 Å². The zero-order valence-electron chi connectivity index (χ0n) is 12.8. The number of nitrogens with zero attached hydrogens (tertiary/aromatic N) is 2. The van der Waals surface area contributed by atoms with Crippen LogP contribution in [0.5, 0.6) is 0 Å². The minimum Gasteiger partial charge on any atom is -0.478 e. The Balaban J connectivity index is 2.11. The van der Waals surface area contributed by atoms with Gasteiger partial charge in [-0.05, 0) is 36.3 Å². The number of hydrogen-bond acceptors (Lipinski definition) is 3. The summed E-state index contributed by atoms with van der Waals surface area (Å²) in [7, 11) is 0. The first kappa shape index (κ1) is 15.5. The molecule has 2 rings (SSSR count). The van der Waals surface area contributed by atoms with E-state index in [4.69, 9.17) is 5.11 Å². The molecular weight excluding hydrogens is 268 g/mol. The summed E-state index contributed by atoms with van der Waals surface area (Å²) >= 11 is 0. The lowest BCUT2D eigenvalue weighted by atomic mass is 9.75. The Morgan fingerprint density at radius 3 is 2.43 bits per heavy atom.